The number of aromatic nitrogens is 3. The SMILES string of the molecule is CCOc1cc(-c2cc(NCCn3c(C)cc4c(OC)cccc43)ncn2)ccc1CNC1CC1. The van der Waals surface area contributed by atoms with Crippen molar-refractivity contribution in [3.63, 3.8) is 0 Å². The lowest BCUT2D eigenvalue weighted by molar-refractivity contribution is 0.335. The van der Waals surface area contributed by atoms with E-state index in [4.69, 9.17) is 9.47 Å². The minimum Gasteiger partial charge on any atom is -0.496 e. The summed E-state index contributed by atoms with van der Waals surface area (Å²) in [5.41, 5.74) is 5.45. The standard InChI is InChI=1S/C28H33N5O2/c1-4-35-27-15-20(8-9-21(27)17-30-22-10-11-22)24-16-28(32-18-31-24)29-12-13-33-19(2)14-23-25(33)6-5-7-26(23)34-3/h5-9,14-16,18,22,30H,4,10-13,17H2,1-3H3,(H,29,31,32). The zero-order chi connectivity index (χ0) is 24.2. The molecule has 2 aromatic heterocycles. The third kappa shape index (κ3) is 5.25. The van der Waals surface area contributed by atoms with Crippen LogP contribution in [-0.2, 0) is 13.1 Å². The Morgan fingerprint density at radius 1 is 1.06 bits per heavy atom. The predicted octanol–water partition coefficient (Wildman–Crippen LogP) is 5.18. The third-order valence-electron chi connectivity index (χ3n) is 6.46. The molecule has 7 nitrogen and oxygen atoms in total. The van der Waals surface area contributed by atoms with Crippen LogP contribution in [0.4, 0.5) is 5.82 Å². The molecule has 35 heavy (non-hydrogen) atoms. The van der Waals surface area contributed by atoms with Gasteiger partial charge in [-0.15, -0.1) is 0 Å². The highest BCUT2D eigenvalue weighted by atomic mass is 16.5. The quantitative estimate of drug-likeness (QED) is 0.314. The minimum absolute atomic E-state index is 0.635. The molecule has 0 aliphatic heterocycles. The van der Waals surface area contributed by atoms with Gasteiger partial charge in [-0.3, -0.25) is 0 Å². The molecule has 0 atom stereocenters. The van der Waals surface area contributed by atoms with Crippen molar-refractivity contribution >= 4 is 16.7 Å². The zero-order valence-corrected chi connectivity index (χ0v) is 20.7. The topological polar surface area (TPSA) is 73.2 Å². The first-order chi connectivity index (χ1) is 17.2. The first kappa shape index (κ1) is 23.2. The Hall–Kier alpha value is -3.58. The maximum Gasteiger partial charge on any atom is 0.130 e. The van der Waals surface area contributed by atoms with Crippen LogP contribution in [0.25, 0.3) is 22.2 Å². The van der Waals surface area contributed by atoms with Gasteiger partial charge in [-0.2, -0.15) is 0 Å². The first-order valence-electron chi connectivity index (χ1n) is 12.3. The second kappa shape index (κ2) is 10.4. The molecule has 2 aromatic carbocycles. The van der Waals surface area contributed by atoms with Crippen LogP contribution < -0.4 is 20.1 Å². The molecule has 4 aromatic rings. The Kier molecular flexibility index (Phi) is 6.86. The Morgan fingerprint density at radius 3 is 2.74 bits per heavy atom. The Labute approximate surface area is 206 Å². The van der Waals surface area contributed by atoms with Gasteiger partial charge in [0, 0.05) is 53.9 Å². The molecule has 0 radical (unpaired) electrons. The Balaban J connectivity index is 1.28. The van der Waals surface area contributed by atoms with Gasteiger partial charge in [0.2, 0.25) is 0 Å². The summed E-state index contributed by atoms with van der Waals surface area (Å²) in [5, 5.41) is 8.17. The number of methoxy groups -OCH3 is 1. The first-order valence-corrected chi connectivity index (χ1v) is 12.3. The van der Waals surface area contributed by atoms with E-state index < -0.39 is 0 Å². The minimum atomic E-state index is 0.635. The predicted molar refractivity (Wildman–Crippen MR) is 140 cm³/mol. The summed E-state index contributed by atoms with van der Waals surface area (Å²) in [7, 11) is 1.71. The fourth-order valence-electron chi connectivity index (χ4n) is 4.46. The second-order valence-electron chi connectivity index (χ2n) is 8.96. The molecule has 2 N–H and O–H groups in total. The molecule has 0 bridgehead atoms. The molecule has 1 saturated carbocycles. The van der Waals surface area contributed by atoms with E-state index in [1.54, 1.807) is 13.4 Å². The number of rotatable bonds is 11. The summed E-state index contributed by atoms with van der Waals surface area (Å²) in [6.45, 7) is 7.17. The molecule has 7 heteroatoms. The average molecular weight is 472 g/mol. The van der Waals surface area contributed by atoms with Crippen LogP contribution in [0.3, 0.4) is 0 Å². The highest BCUT2D eigenvalue weighted by Gasteiger charge is 2.21. The van der Waals surface area contributed by atoms with Gasteiger partial charge in [0.1, 0.15) is 23.6 Å². The van der Waals surface area contributed by atoms with E-state index in [-0.39, 0.29) is 0 Å². The summed E-state index contributed by atoms with van der Waals surface area (Å²) in [5.74, 6) is 2.62. The fourth-order valence-corrected chi connectivity index (χ4v) is 4.46. The van der Waals surface area contributed by atoms with Gasteiger partial charge in [0.15, 0.2) is 0 Å². The largest absolute Gasteiger partial charge is 0.496 e. The van der Waals surface area contributed by atoms with E-state index in [0.29, 0.717) is 12.6 Å². The van der Waals surface area contributed by atoms with Crippen molar-refractivity contribution in [2.45, 2.75) is 45.8 Å². The monoisotopic (exact) mass is 471 g/mol. The van der Waals surface area contributed by atoms with Crippen molar-refractivity contribution in [2.24, 2.45) is 0 Å². The van der Waals surface area contributed by atoms with Gasteiger partial charge in [0.25, 0.3) is 0 Å². The normalized spacial score (nSPS) is 13.2. The van der Waals surface area contributed by atoms with Gasteiger partial charge >= 0.3 is 0 Å². The number of benzene rings is 2. The molecule has 1 fully saturated rings. The molecule has 0 amide bonds. The van der Waals surface area contributed by atoms with Gasteiger partial charge in [-0.25, -0.2) is 9.97 Å². The third-order valence-corrected chi connectivity index (χ3v) is 6.46. The molecule has 0 spiro atoms. The number of anilines is 1. The van der Waals surface area contributed by atoms with E-state index in [1.807, 2.05) is 25.1 Å². The number of hydrogen-bond acceptors (Lipinski definition) is 6. The highest BCUT2D eigenvalue weighted by Crippen LogP contribution is 2.30. The van der Waals surface area contributed by atoms with Crippen LogP contribution in [0.1, 0.15) is 31.0 Å². The number of fused-ring (bicyclic) bond motifs is 1. The van der Waals surface area contributed by atoms with Crippen LogP contribution in [-0.4, -0.2) is 40.8 Å². The molecule has 2 heterocycles. The maximum absolute atomic E-state index is 5.94. The van der Waals surface area contributed by atoms with Crippen LogP contribution in [0, 0.1) is 6.92 Å². The number of ether oxygens (including phenoxy) is 2. The smallest absolute Gasteiger partial charge is 0.130 e. The summed E-state index contributed by atoms with van der Waals surface area (Å²) >= 11 is 0. The molecule has 1 aliphatic rings. The fraction of sp³-hybridized carbons (Fsp3) is 0.357. The Bertz CT molecular complexity index is 1310. The van der Waals surface area contributed by atoms with Gasteiger partial charge < -0.3 is 24.7 Å². The molecule has 182 valence electrons. The summed E-state index contributed by atoms with van der Waals surface area (Å²) in [4.78, 5) is 8.95. The zero-order valence-electron chi connectivity index (χ0n) is 20.7. The van der Waals surface area contributed by atoms with Crippen LogP contribution in [0.5, 0.6) is 11.5 Å². The molecule has 1 aliphatic carbocycles. The lowest BCUT2D eigenvalue weighted by Gasteiger charge is -2.14. The van der Waals surface area contributed by atoms with Crippen LogP contribution in [0.2, 0.25) is 0 Å². The number of aryl methyl sites for hydroxylation is 1. The van der Waals surface area contributed by atoms with Crippen molar-refractivity contribution in [3.8, 4) is 22.8 Å². The number of nitrogens with zero attached hydrogens (tertiary/aromatic N) is 3. The summed E-state index contributed by atoms with van der Waals surface area (Å²) < 4.78 is 13.8. The van der Waals surface area contributed by atoms with E-state index in [1.165, 1.54) is 29.6 Å². The van der Waals surface area contributed by atoms with Crippen LogP contribution in [0.15, 0.2) is 54.9 Å². The number of nitrogens with one attached hydrogen (secondary N) is 2. The maximum atomic E-state index is 5.94. The summed E-state index contributed by atoms with van der Waals surface area (Å²) in [6, 6.07) is 17.3. The van der Waals surface area contributed by atoms with E-state index in [9.17, 15) is 0 Å². The molecular formula is C28H33N5O2. The van der Waals surface area contributed by atoms with Crippen molar-refractivity contribution in [1.82, 2.24) is 19.9 Å². The lowest BCUT2D eigenvalue weighted by atomic mass is 10.1. The van der Waals surface area contributed by atoms with Crippen molar-refractivity contribution in [3.05, 3.63) is 66.1 Å². The van der Waals surface area contributed by atoms with Gasteiger partial charge in [-0.1, -0.05) is 18.2 Å². The summed E-state index contributed by atoms with van der Waals surface area (Å²) in [6.07, 6.45) is 4.15. The van der Waals surface area contributed by atoms with Crippen molar-refractivity contribution < 1.29 is 9.47 Å². The van der Waals surface area contributed by atoms with E-state index in [0.717, 1.165) is 53.6 Å². The molecule has 0 saturated heterocycles. The van der Waals surface area contributed by atoms with Crippen molar-refractivity contribution in [1.29, 1.82) is 0 Å². The van der Waals surface area contributed by atoms with Gasteiger partial charge in [0.05, 0.1) is 24.9 Å². The van der Waals surface area contributed by atoms with Crippen molar-refractivity contribution in [2.75, 3.05) is 25.6 Å². The molecular weight excluding hydrogens is 438 g/mol. The Morgan fingerprint density at radius 2 is 1.94 bits per heavy atom. The van der Waals surface area contributed by atoms with Crippen LogP contribution >= 0.6 is 0 Å². The average Bonchev–Trinajstić information content (AvgIpc) is 3.65. The lowest BCUT2D eigenvalue weighted by Crippen LogP contribution is -2.16. The second-order valence-corrected chi connectivity index (χ2v) is 8.96. The highest BCUT2D eigenvalue weighted by molar-refractivity contribution is 5.87. The molecule has 5 rings (SSSR count). The number of hydrogen-bond donors (Lipinski definition) is 2. The van der Waals surface area contributed by atoms with E-state index in [2.05, 4.69) is 62.4 Å². The molecule has 0 unspecified atom stereocenters. The van der Waals surface area contributed by atoms with Gasteiger partial charge in [-0.05, 0) is 51.0 Å². The van der Waals surface area contributed by atoms with E-state index >= 15 is 0 Å².